The summed E-state index contributed by atoms with van der Waals surface area (Å²) in [5.74, 6) is -0.905. The number of fused-ring (bicyclic) bond motifs is 1. The summed E-state index contributed by atoms with van der Waals surface area (Å²) in [6, 6.07) is 25.2. The number of anilines is 1. The molecule has 0 fully saturated rings. The van der Waals surface area contributed by atoms with Gasteiger partial charge in [0.25, 0.3) is 0 Å². The van der Waals surface area contributed by atoms with Crippen molar-refractivity contribution in [2.75, 3.05) is 4.90 Å². The first-order valence-corrected chi connectivity index (χ1v) is 10.6. The van der Waals surface area contributed by atoms with Crippen molar-refractivity contribution >= 4 is 5.69 Å². The van der Waals surface area contributed by atoms with Crippen molar-refractivity contribution in [3.63, 3.8) is 0 Å². The lowest BCUT2D eigenvalue weighted by Crippen LogP contribution is -2.31. The molecule has 3 aromatic rings. The van der Waals surface area contributed by atoms with Crippen LogP contribution in [0.15, 0.2) is 96.5 Å². The maximum Gasteiger partial charge on any atom is 0.136 e. The zero-order valence-electron chi connectivity index (χ0n) is 19.1. The lowest BCUT2D eigenvalue weighted by atomic mass is 9.96. The number of benzene rings is 3. The van der Waals surface area contributed by atoms with Crippen molar-refractivity contribution in [1.29, 1.82) is 0 Å². The predicted octanol–water partition coefficient (Wildman–Crippen LogP) is 6.98. The van der Waals surface area contributed by atoms with E-state index in [1.165, 1.54) is 27.9 Å². The Morgan fingerprint density at radius 2 is 1.37 bits per heavy atom. The Morgan fingerprint density at radius 1 is 0.733 bits per heavy atom. The Kier molecular flexibility index (Phi) is 4.23. The molecule has 0 aromatic heterocycles. The third-order valence-corrected chi connectivity index (χ3v) is 6.39. The summed E-state index contributed by atoms with van der Waals surface area (Å²) >= 11 is 0. The Bertz CT molecular complexity index is 1190. The SMILES string of the molecule is [2H]C1(c2ccccc2)C=CN2C1=C(C)N(c1ccccc1C)C2c1c(C)cccc1C. The summed E-state index contributed by atoms with van der Waals surface area (Å²) < 4.78 is 9.53. The maximum atomic E-state index is 9.53. The summed E-state index contributed by atoms with van der Waals surface area (Å²) in [4.78, 5) is 4.74. The third-order valence-electron chi connectivity index (χ3n) is 6.39. The van der Waals surface area contributed by atoms with Crippen LogP contribution in [-0.2, 0) is 0 Å². The van der Waals surface area contributed by atoms with Gasteiger partial charge in [-0.2, -0.15) is 0 Å². The Hall–Kier alpha value is -3.26. The molecule has 2 aliphatic heterocycles. The molecule has 2 unspecified atom stereocenters. The highest BCUT2D eigenvalue weighted by Gasteiger charge is 2.43. The van der Waals surface area contributed by atoms with Gasteiger partial charge in [-0.05, 0) is 56.0 Å². The fourth-order valence-electron chi connectivity index (χ4n) is 4.95. The zero-order valence-corrected chi connectivity index (χ0v) is 18.1. The van der Waals surface area contributed by atoms with E-state index in [4.69, 9.17) is 0 Å². The second kappa shape index (κ2) is 7.21. The van der Waals surface area contributed by atoms with Gasteiger partial charge in [0.1, 0.15) is 6.17 Å². The van der Waals surface area contributed by atoms with Crippen LogP contribution in [0.5, 0.6) is 0 Å². The van der Waals surface area contributed by atoms with Crippen LogP contribution in [0.4, 0.5) is 5.69 Å². The maximum absolute atomic E-state index is 9.53. The molecule has 0 aliphatic carbocycles. The highest BCUT2D eigenvalue weighted by atomic mass is 15.4. The molecule has 3 aromatic carbocycles. The van der Waals surface area contributed by atoms with Crippen LogP contribution in [0.25, 0.3) is 0 Å². The van der Waals surface area contributed by atoms with Crippen molar-refractivity contribution in [3.8, 4) is 0 Å². The van der Waals surface area contributed by atoms with E-state index < -0.39 is 5.89 Å². The van der Waals surface area contributed by atoms with Gasteiger partial charge >= 0.3 is 0 Å². The van der Waals surface area contributed by atoms with Crippen molar-refractivity contribution < 1.29 is 1.37 Å². The second-order valence-electron chi connectivity index (χ2n) is 8.27. The summed E-state index contributed by atoms with van der Waals surface area (Å²) in [5.41, 5.74) is 9.44. The monoisotopic (exact) mass is 393 g/mol. The third kappa shape index (κ3) is 2.79. The summed E-state index contributed by atoms with van der Waals surface area (Å²) in [5, 5.41) is 0. The van der Waals surface area contributed by atoms with Crippen molar-refractivity contribution in [2.45, 2.75) is 39.8 Å². The van der Waals surface area contributed by atoms with Gasteiger partial charge in [0.2, 0.25) is 0 Å². The number of rotatable bonds is 3. The Morgan fingerprint density at radius 3 is 2.07 bits per heavy atom. The van der Waals surface area contributed by atoms with Crippen LogP contribution < -0.4 is 4.90 Å². The molecule has 0 amide bonds. The molecule has 0 bridgehead atoms. The molecule has 0 saturated heterocycles. The van der Waals surface area contributed by atoms with Gasteiger partial charge in [-0.3, -0.25) is 0 Å². The van der Waals surface area contributed by atoms with E-state index in [1.807, 2.05) is 24.3 Å². The molecule has 30 heavy (non-hydrogen) atoms. The first-order chi connectivity index (χ1) is 14.9. The number of hydrogen-bond acceptors (Lipinski definition) is 2. The van der Waals surface area contributed by atoms with Crippen LogP contribution >= 0.6 is 0 Å². The van der Waals surface area contributed by atoms with E-state index in [0.29, 0.717) is 0 Å². The Labute approximate surface area is 181 Å². The fourth-order valence-corrected chi connectivity index (χ4v) is 4.95. The smallest absolute Gasteiger partial charge is 0.136 e. The molecule has 2 heterocycles. The fraction of sp³-hybridized carbons (Fsp3) is 0.214. The van der Waals surface area contributed by atoms with E-state index in [1.54, 1.807) is 0 Å². The molecule has 2 atom stereocenters. The largest absolute Gasteiger partial charge is 0.324 e. The van der Waals surface area contributed by atoms with Gasteiger partial charge in [0, 0.05) is 30.4 Å². The minimum absolute atomic E-state index is 0.00973. The van der Waals surface area contributed by atoms with Crippen LogP contribution in [0.3, 0.4) is 0 Å². The van der Waals surface area contributed by atoms with E-state index in [-0.39, 0.29) is 6.17 Å². The second-order valence-corrected chi connectivity index (χ2v) is 8.27. The molecular weight excluding hydrogens is 364 g/mol. The number of para-hydroxylation sites is 1. The number of nitrogens with zero attached hydrogens (tertiary/aromatic N) is 2. The van der Waals surface area contributed by atoms with Crippen LogP contribution in [0, 0.1) is 20.8 Å². The Balaban J connectivity index is 1.76. The number of aryl methyl sites for hydroxylation is 3. The topological polar surface area (TPSA) is 6.48 Å². The van der Waals surface area contributed by atoms with Crippen LogP contribution in [0.1, 0.15) is 48.2 Å². The van der Waals surface area contributed by atoms with E-state index in [2.05, 4.69) is 98.3 Å². The van der Waals surface area contributed by atoms with Gasteiger partial charge in [-0.1, -0.05) is 72.8 Å². The van der Waals surface area contributed by atoms with Crippen LogP contribution in [0.2, 0.25) is 0 Å². The quantitative estimate of drug-likeness (QED) is 0.474. The first kappa shape index (κ1) is 17.6. The van der Waals surface area contributed by atoms with Gasteiger partial charge in [-0.25, -0.2) is 0 Å². The highest BCUT2D eigenvalue weighted by molar-refractivity contribution is 5.65. The summed E-state index contributed by atoms with van der Waals surface area (Å²) in [7, 11) is 0. The molecule has 150 valence electrons. The molecule has 2 aliphatic rings. The standard InChI is InChI=1S/C28H28N2/c1-19-11-8-9-16-25(19)30-22(4)27-24(23-14-6-5-7-15-23)17-18-29(27)28(30)26-20(2)12-10-13-21(26)3/h5-18,24,28H,1-4H3/i24D. The van der Waals surface area contributed by atoms with E-state index in [9.17, 15) is 1.37 Å². The molecule has 0 saturated carbocycles. The average Bonchev–Trinajstić information content (AvgIpc) is 3.26. The lowest BCUT2D eigenvalue weighted by Gasteiger charge is -2.35. The molecule has 0 radical (unpaired) electrons. The molecule has 2 nitrogen and oxygen atoms in total. The lowest BCUT2D eigenvalue weighted by molar-refractivity contribution is 0.383. The van der Waals surface area contributed by atoms with E-state index >= 15 is 0 Å². The molecule has 0 spiro atoms. The normalized spacial score (nSPS) is 23.2. The highest BCUT2D eigenvalue weighted by Crippen LogP contribution is 2.52. The van der Waals surface area contributed by atoms with Gasteiger partial charge in [0.05, 0.1) is 5.70 Å². The first-order valence-electron chi connectivity index (χ1n) is 11.1. The minimum Gasteiger partial charge on any atom is -0.324 e. The van der Waals surface area contributed by atoms with Crippen LogP contribution in [-0.4, -0.2) is 4.90 Å². The summed E-state index contributed by atoms with van der Waals surface area (Å²) in [6.07, 6.45) is 4.15. The van der Waals surface area contributed by atoms with Gasteiger partial charge in [-0.15, -0.1) is 0 Å². The molecule has 5 rings (SSSR count). The van der Waals surface area contributed by atoms with E-state index in [0.717, 1.165) is 17.0 Å². The number of hydrogen-bond donors (Lipinski definition) is 0. The zero-order chi connectivity index (χ0) is 21.8. The minimum atomic E-state index is -0.905. The average molecular weight is 394 g/mol. The van der Waals surface area contributed by atoms with Crippen molar-refractivity contribution in [1.82, 2.24) is 4.90 Å². The van der Waals surface area contributed by atoms with Gasteiger partial charge < -0.3 is 9.80 Å². The molecular formula is C28H28N2. The van der Waals surface area contributed by atoms with Crippen molar-refractivity contribution in [2.24, 2.45) is 0 Å². The summed E-state index contributed by atoms with van der Waals surface area (Å²) in [6.45, 7) is 8.72. The number of allylic oxidation sites excluding steroid dienone is 2. The molecule has 2 heteroatoms. The predicted molar refractivity (Wildman–Crippen MR) is 125 cm³/mol. The molecule has 0 N–H and O–H groups in total. The van der Waals surface area contributed by atoms with Gasteiger partial charge in [0.15, 0.2) is 0 Å². The van der Waals surface area contributed by atoms with Crippen molar-refractivity contribution in [3.05, 3.63) is 124 Å².